The summed E-state index contributed by atoms with van der Waals surface area (Å²) in [5, 5.41) is 10.3. The highest BCUT2D eigenvalue weighted by molar-refractivity contribution is 5.92. The number of urea groups is 1. The minimum absolute atomic E-state index is 0.109. The van der Waals surface area contributed by atoms with Crippen molar-refractivity contribution in [1.82, 2.24) is 9.96 Å². The van der Waals surface area contributed by atoms with Gasteiger partial charge < -0.3 is 15.4 Å². The average molecular weight is 454 g/mol. The van der Waals surface area contributed by atoms with Gasteiger partial charge in [-0.15, -0.1) is 0 Å². The van der Waals surface area contributed by atoms with Gasteiger partial charge >= 0.3 is 17.9 Å². The number of carbonyl (C=O) groups is 4. The maximum atomic E-state index is 14.0. The number of rotatable bonds is 8. The van der Waals surface area contributed by atoms with Crippen molar-refractivity contribution in [3.05, 3.63) is 0 Å². The first kappa shape index (κ1) is 24.6. The average Bonchev–Trinajstić information content (AvgIpc) is 3.48. The minimum atomic E-state index is -1.43. The summed E-state index contributed by atoms with van der Waals surface area (Å²) in [6, 6.07) is -0.887. The van der Waals surface area contributed by atoms with Crippen molar-refractivity contribution in [2.75, 3.05) is 33.2 Å². The van der Waals surface area contributed by atoms with Crippen LogP contribution in [0.4, 0.5) is 4.79 Å². The number of amides is 4. The Labute approximate surface area is 189 Å². The van der Waals surface area contributed by atoms with Crippen LogP contribution in [0.15, 0.2) is 0 Å². The van der Waals surface area contributed by atoms with Gasteiger partial charge in [-0.25, -0.2) is 19.4 Å². The van der Waals surface area contributed by atoms with E-state index in [1.165, 1.54) is 0 Å². The first-order chi connectivity index (χ1) is 15.1. The number of hydrogen-bond acceptors (Lipinski definition) is 7. The van der Waals surface area contributed by atoms with Crippen molar-refractivity contribution in [3.8, 4) is 0 Å². The van der Waals surface area contributed by atoms with E-state index in [0.717, 1.165) is 32.2 Å². The highest BCUT2D eigenvalue weighted by Crippen LogP contribution is 2.42. The van der Waals surface area contributed by atoms with Gasteiger partial charge in [0, 0.05) is 32.9 Å². The molecule has 0 spiro atoms. The zero-order chi connectivity index (χ0) is 23.5. The number of nitrogens with two attached hydrogens (primary N) is 1. The number of likely N-dealkylation sites (tertiary alicyclic amines) is 2. The fraction of sp³-hybridized carbons (Fsp3) is 0.818. The van der Waals surface area contributed by atoms with E-state index < -0.39 is 33.8 Å². The molecule has 10 nitrogen and oxygen atoms in total. The topological polar surface area (TPSA) is 130 Å². The molecule has 32 heavy (non-hydrogen) atoms. The molecule has 180 valence electrons. The molecule has 10 heteroatoms. The van der Waals surface area contributed by atoms with Crippen molar-refractivity contribution in [3.63, 3.8) is 0 Å². The summed E-state index contributed by atoms with van der Waals surface area (Å²) in [6.07, 6.45) is 5.93. The predicted octanol–water partition coefficient (Wildman–Crippen LogP) is 1.25. The van der Waals surface area contributed by atoms with Crippen LogP contribution in [0, 0.1) is 11.8 Å². The molecular weight excluding hydrogens is 416 g/mol. The van der Waals surface area contributed by atoms with Crippen LogP contribution in [0.25, 0.3) is 0 Å². The van der Waals surface area contributed by atoms with Crippen LogP contribution in [0.1, 0.15) is 58.3 Å². The van der Waals surface area contributed by atoms with Gasteiger partial charge in [-0.1, -0.05) is 25.7 Å². The quantitative estimate of drug-likeness (QED) is 0.186. The van der Waals surface area contributed by atoms with Crippen LogP contribution in [-0.4, -0.2) is 88.8 Å². The number of quaternary nitrogens is 1. The lowest BCUT2D eigenvalue weighted by molar-refractivity contribution is -0.805. The molecule has 2 saturated heterocycles. The van der Waals surface area contributed by atoms with Gasteiger partial charge in [0.2, 0.25) is 11.9 Å². The predicted molar refractivity (Wildman–Crippen MR) is 114 cm³/mol. The Hall–Kier alpha value is -2.04. The normalized spacial score (nSPS) is 32.0. The van der Waals surface area contributed by atoms with E-state index in [0.29, 0.717) is 37.3 Å². The van der Waals surface area contributed by atoms with Gasteiger partial charge in [0.25, 0.3) is 0 Å². The third-order valence-electron chi connectivity index (χ3n) is 7.78. The molecule has 4 amide bonds. The summed E-state index contributed by atoms with van der Waals surface area (Å²) in [5.41, 5.74) is 4.41. The molecule has 0 bridgehead atoms. The lowest BCUT2D eigenvalue weighted by atomic mass is 9.88. The molecule has 3 fully saturated rings. The SMILES string of the molecule is CN1CCC(OC(=O)[C@@]2(C)CCC[N+]2(C(N)=O)C(=O)[C@H](CC2CCCC2)CN(O)C=O)C1. The Morgan fingerprint density at radius 3 is 2.53 bits per heavy atom. The van der Waals surface area contributed by atoms with Gasteiger partial charge in [0.05, 0.1) is 19.0 Å². The summed E-state index contributed by atoms with van der Waals surface area (Å²) in [5.74, 6) is -1.63. The molecule has 4 atom stereocenters. The van der Waals surface area contributed by atoms with E-state index in [2.05, 4.69) is 4.90 Å². The van der Waals surface area contributed by atoms with Crippen molar-refractivity contribution in [2.24, 2.45) is 17.6 Å². The van der Waals surface area contributed by atoms with E-state index in [9.17, 15) is 24.4 Å². The number of esters is 1. The van der Waals surface area contributed by atoms with Crippen LogP contribution in [0.3, 0.4) is 0 Å². The zero-order valence-electron chi connectivity index (χ0n) is 19.2. The lowest BCUT2D eigenvalue weighted by Crippen LogP contribution is -2.72. The van der Waals surface area contributed by atoms with Crippen LogP contribution >= 0.6 is 0 Å². The number of imide groups is 1. The van der Waals surface area contributed by atoms with Crippen molar-refractivity contribution < 1.29 is 33.6 Å². The smallest absolute Gasteiger partial charge is 0.422 e. The van der Waals surface area contributed by atoms with E-state index >= 15 is 0 Å². The Balaban J connectivity index is 1.89. The fourth-order valence-corrected chi connectivity index (χ4v) is 5.92. The van der Waals surface area contributed by atoms with E-state index in [-0.39, 0.29) is 31.5 Å². The largest absolute Gasteiger partial charge is 0.456 e. The summed E-state index contributed by atoms with van der Waals surface area (Å²) in [6.45, 7) is 2.88. The molecule has 2 heterocycles. The Morgan fingerprint density at radius 1 is 1.28 bits per heavy atom. The van der Waals surface area contributed by atoms with Crippen LogP contribution in [-0.2, 0) is 19.1 Å². The van der Waals surface area contributed by atoms with Gasteiger partial charge in [-0.2, -0.15) is 4.48 Å². The number of ether oxygens (including phenoxy) is 1. The Bertz CT molecular complexity index is 742. The van der Waals surface area contributed by atoms with Crippen LogP contribution < -0.4 is 5.73 Å². The molecule has 2 unspecified atom stereocenters. The molecule has 1 aliphatic carbocycles. The fourth-order valence-electron chi connectivity index (χ4n) is 5.92. The first-order valence-electron chi connectivity index (χ1n) is 11.7. The molecule has 0 aromatic carbocycles. The molecule has 0 radical (unpaired) electrons. The molecule has 1 saturated carbocycles. The standard InChI is InChI=1S/C22H36N4O6/c1-22(20(29)32-18-8-10-24(2)14-18)9-5-11-26(22,21(23)30)19(28)17(13-25(31)15-27)12-16-6-3-4-7-16/h15-18,31H,3-14H2,1-2H3,(H-,23,30)/p+1/t17-,18?,22-,26?/m1/s1. The molecular formula is C22H37N4O6+. The first-order valence-corrected chi connectivity index (χ1v) is 11.7. The molecule has 0 aromatic rings. The van der Waals surface area contributed by atoms with Crippen molar-refractivity contribution >= 4 is 24.3 Å². The third-order valence-corrected chi connectivity index (χ3v) is 7.78. The minimum Gasteiger partial charge on any atom is -0.456 e. The van der Waals surface area contributed by atoms with E-state index in [1.54, 1.807) is 6.92 Å². The molecule has 0 aromatic heterocycles. The van der Waals surface area contributed by atoms with Gasteiger partial charge in [-0.3, -0.25) is 10.0 Å². The van der Waals surface area contributed by atoms with E-state index in [1.807, 2.05) is 7.05 Å². The number of carbonyl (C=O) groups excluding carboxylic acids is 4. The molecule has 3 N–H and O–H groups in total. The molecule has 3 aliphatic rings. The maximum Gasteiger partial charge on any atom is 0.422 e. The van der Waals surface area contributed by atoms with Gasteiger partial charge in [-0.05, 0) is 25.8 Å². The van der Waals surface area contributed by atoms with Crippen LogP contribution in [0.2, 0.25) is 0 Å². The second-order valence-electron chi connectivity index (χ2n) is 9.98. The lowest BCUT2D eigenvalue weighted by Gasteiger charge is -2.41. The number of primary amides is 1. The number of hydroxylamine groups is 2. The summed E-state index contributed by atoms with van der Waals surface area (Å²) in [4.78, 5) is 53.3. The van der Waals surface area contributed by atoms with Gasteiger partial charge in [0.1, 0.15) is 6.10 Å². The van der Waals surface area contributed by atoms with Gasteiger partial charge in [0.15, 0.2) is 0 Å². The monoisotopic (exact) mass is 453 g/mol. The number of likely N-dealkylation sites (N-methyl/N-ethyl adjacent to an activating group) is 1. The highest BCUT2D eigenvalue weighted by atomic mass is 16.5. The van der Waals surface area contributed by atoms with Crippen LogP contribution in [0.5, 0.6) is 0 Å². The Kier molecular flexibility index (Phi) is 7.57. The molecule has 2 aliphatic heterocycles. The van der Waals surface area contributed by atoms with E-state index in [4.69, 9.17) is 10.5 Å². The number of hydrogen-bond donors (Lipinski definition) is 2. The Morgan fingerprint density at radius 2 is 1.97 bits per heavy atom. The summed E-state index contributed by atoms with van der Waals surface area (Å²) >= 11 is 0. The highest BCUT2D eigenvalue weighted by Gasteiger charge is 2.67. The van der Waals surface area contributed by atoms with Crippen molar-refractivity contribution in [2.45, 2.75) is 69.9 Å². The maximum absolute atomic E-state index is 14.0. The van der Waals surface area contributed by atoms with Crippen molar-refractivity contribution in [1.29, 1.82) is 0 Å². The third kappa shape index (κ3) is 4.53. The summed E-state index contributed by atoms with van der Waals surface area (Å²) in [7, 11) is 1.94. The second-order valence-corrected chi connectivity index (χ2v) is 9.98. The summed E-state index contributed by atoms with van der Waals surface area (Å²) < 4.78 is 4.95. The zero-order valence-corrected chi connectivity index (χ0v) is 19.2. The second kappa shape index (κ2) is 9.84. The number of nitrogens with zero attached hydrogens (tertiary/aromatic N) is 3. The molecule has 3 rings (SSSR count).